The summed E-state index contributed by atoms with van der Waals surface area (Å²) < 4.78 is 24.6. The number of hydrogen-bond donors (Lipinski definition) is 3. The summed E-state index contributed by atoms with van der Waals surface area (Å²) in [7, 11) is 0. The van der Waals surface area contributed by atoms with Crippen LogP contribution in [0.5, 0.6) is 0 Å². The first-order valence-corrected chi connectivity index (χ1v) is 4.14. The minimum atomic E-state index is -2.60. The second kappa shape index (κ2) is 4.70. The largest absolute Gasteiger partial charge is 0.481 e. The number of rotatable bonds is 4. The summed E-state index contributed by atoms with van der Waals surface area (Å²) in [4.78, 5) is 10.4. The maximum atomic E-state index is 12.3. The summed E-state index contributed by atoms with van der Waals surface area (Å²) in [5.41, 5.74) is 2.58. The predicted octanol–water partition coefficient (Wildman–Crippen LogP) is 1.54. The molecule has 0 heterocycles. The van der Waals surface area contributed by atoms with Crippen molar-refractivity contribution in [1.82, 2.24) is 0 Å². The van der Waals surface area contributed by atoms with Crippen molar-refractivity contribution in [2.24, 2.45) is 5.84 Å². The average Bonchev–Trinajstić information content (AvgIpc) is 2.17. The molecule has 0 amide bonds. The van der Waals surface area contributed by atoms with E-state index in [-0.39, 0.29) is 17.7 Å². The van der Waals surface area contributed by atoms with Crippen LogP contribution in [0.2, 0.25) is 0 Å². The Morgan fingerprint density at radius 1 is 1.53 bits per heavy atom. The molecular formula is C9H10F2N2O2. The third-order valence-electron chi connectivity index (χ3n) is 1.88. The van der Waals surface area contributed by atoms with E-state index in [0.29, 0.717) is 5.56 Å². The molecule has 0 bridgehead atoms. The van der Waals surface area contributed by atoms with E-state index >= 15 is 0 Å². The number of nitrogen functional groups attached to an aromatic ring is 1. The topological polar surface area (TPSA) is 75.3 Å². The fourth-order valence-corrected chi connectivity index (χ4v) is 1.18. The van der Waals surface area contributed by atoms with Gasteiger partial charge in [0.25, 0.3) is 6.43 Å². The molecule has 0 spiro atoms. The van der Waals surface area contributed by atoms with Gasteiger partial charge in [0.05, 0.1) is 12.1 Å². The normalized spacial score (nSPS) is 10.4. The Morgan fingerprint density at radius 3 is 2.67 bits per heavy atom. The van der Waals surface area contributed by atoms with Crippen LogP contribution < -0.4 is 11.3 Å². The van der Waals surface area contributed by atoms with Crippen molar-refractivity contribution < 1.29 is 18.7 Å². The molecule has 15 heavy (non-hydrogen) atoms. The quantitative estimate of drug-likeness (QED) is 0.527. The summed E-state index contributed by atoms with van der Waals surface area (Å²) in [5, 5.41) is 8.55. The molecule has 0 fully saturated rings. The van der Waals surface area contributed by atoms with Crippen LogP contribution in [0.1, 0.15) is 17.6 Å². The lowest BCUT2D eigenvalue weighted by atomic mass is 10.1. The van der Waals surface area contributed by atoms with Gasteiger partial charge in [-0.1, -0.05) is 12.1 Å². The summed E-state index contributed by atoms with van der Waals surface area (Å²) in [6.07, 6.45) is -2.86. The maximum absolute atomic E-state index is 12.3. The summed E-state index contributed by atoms with van der Waals surface area (Å²) in [5.74, 6) is 4.06. The SMILES string of the molecule is NNc1cc(C(F)F)ccc1CC(=O)O. The van der Waals surface area contributed by atoms with Gasteiger partial charge in [-0.2, -0.15) is 0 Å². The molecule has 0 aliphatic rings. The Labute approximate surface area is 84.7 Å². The highest BCUT2D eigenvalue weighted by Gasteiger charge is 2.11. The summed E-state index contributed by atoms with van der Waals surface area (Å²) >= 11 is 0. The van der Waals surface area contributed by atoms with Gasteiger partial charge >= 0.3 is 5.97 Å². The first kappa shape index (κ1) is 11.4. The Morgan fingerprint density at radius 2 is 2.20 bits per heavy atom. The summed E-state index contributed by atoms with van der Waals surface area (Å²) in [6, 6.07) is 3.65. The molecule has 0 aliphatic carbocycles. The van der Waals surface area contributed by atoms with Crippen molar-refractivity contribution in [3.63, 3.8) is 0 Å². The van der Waals surface area contributed by atoms with Crippen LogP contribution in [-0.2, 0) is 11.2 Å². The molecule has 1 aromatic carbocycles. The van der Waals surface area contributed by atoms with Crippen LogP contribution >= 0.6 is 0 Å². The number of alkyl halides is 2. The molecular weight excluding hydrogens is 206 g/mol. The van der Waals surface area contributed by atoms with Crippen molar-refractivity contribution in [2.75, 3.05) is 5.43 Å². The zero-order valence-corrected chi connectivity index (χ0v) is 7.71. The molecule has 1 rings (SSSR count). The number of nitrogens with two attached hydrogens (primary N) is 1. The minimum absolute atomic E-state index is 0.197. The molecule has 0 unspecified atom stereocenters. The van der Waals surface area contributed by atoms with Crippen molar-refractivity contribution in [3.8, 4) is 0 Å². The van der Waals surface area contributed by atoms with Crippen LogP contribution in [0.4, 0.5) is 14.5 Å². The second-order valence-corrected chi connectivity index (χ2v) is 2.93. The zero-order valence-electron chi connectivity index (χ0n) is 7.71. The number of hydrogen-bond acceptors (Lipinski definition) is 3. The van der Waals surface area contributed by atoms with Gasteiger partial charge in [0, 0.05) is 5.56 Å². The van der Waals surface area contributed by atoms with Crippen molar-refractivity contribution in [3.05, 3.63) is 29.3 Å². The smallest absolute Gasteiger partial charge is 0.307 e. The molecule has 1 aromatic rings. The number of aliphatic carboxylic acids is 1. The van der Waals surface area contributed by atoms with E-state index in [1.807, 2.05) is 0 Å². The van der Waals surface area contributed by atoms with Crippen LogP contribution in [0.15, 0.2) is 18.2 Å². The second-order valence-electron chi connectivity index (χ2n) is 2.93. The van der Waals surface area contributed by atoms with Gasteiger partial charge in [-0.25, -0.2) is 8.78 Å². The first-order chi connectivity index (χ1) is 7.04. The fourth-order valence-electron chi connectivity index (χ4n) is 1.18. The highest BCUT2D eigenvalue weighted by molar-refractivity contribution is 5.73. The Kier molecular flexibility index (Phi) is 3.56. The number of carbonyl (C=O) groups is 1. The van der Waals surface area contributed by atoms with Crippen LogP contribution in [0.25, 0.3) is 0 Å². The molecule has 0 saturated heterocycles. The van der Waals surface area contributed by atoms with E-state index in [9.17, 15) is 13.6 Å². The lowest BCUT2D eigenvalue weighted by molar-refractivity contribution is -0.136. The molecule has 0 saturated carbocycles. The van der Waals surface area contributed by atoms with Gasteiger partial charge in [-0.05, 0) is 11.6 Å². The lowest BCUT2D eigenvalue weighted by Crippen LogP contribution is -2.12. The molecule has 4 N–H and O–H groups in total. The number of carboxylic acid groups (broad SMARTS) is 1. The number of anilines is 1. The average molecular weight is 216 g/mol. The van der Waals surface area contributed by atoms with Crippen molar-refractivity contribution in [2.45, 2.75) is 12.8 Å². The monoisotopic (exact) mass is 216 g/mol. The third kappa shape index (κ3) is 2.88. The van der Waals surface area contributed by atoms with Gasteiger partial charge in [-0.3, -0.25) is 10.6 Å². The van der Waals surface area contributed by atoms with Crippen molar-refractivity contribution >= 4 is 11.7 Å². The van der Waals surface area contributed by atoms with Crippen molar-refractivity contribution in [1.29, 1.82) is 0 Å². The zero-order chi connectivity index (χ0) is 11.4. The number of benzene rings is 1. The number of halogens is 2. The van der Waals surface area contributed by atoms with E-state index < -0.39 is 12.4 Å². The third-order valence-corrected chi connectivity index (χ3v) is 1.88. The molecule has 0 aromatic heterocycles. The molecule has 6 heteroatoms. The van der Waals surface area contributed by atoms with Gasteiger partial charge in [-0.15, -0.1) is 0 Å². The number of nitrogens with one attached hydrogen (secondary N) is 1. The highest BCUT2D eigenvalue weighted by atomic mass is 19.3. The molecule has 0 atom stereocenters. The van der Waals surface area contributed by atoms with Crippen LogP contribution in [-0.4, -0.2) is 11.1 Å². The Balaban J connectivity index is 3.03. The minimum Gasteiger partial charge on any atom is -0.481 e. The van der Waals surface area contributed by atoms with Crippen LogP contribution in [0.3, 0.4) is 0 Å². The van der Waals surface area contributed by atoms with E-state index in [1.165, 1.54) is 12.1 Å². The van der Waals surface area contributed by atoms with Gasteiger partial charge in [0.15, 0.2) is 0 Å². The first-order valence-electron chi connectivity index (χ1n) is 4.14. The molecule has 0 aliphatic heterocycles. The standard InChI is InChI=1S/C9H10F2N2O2/c10-9(11)6-2-1-5(4-8(14)15)7(3-6)13-12/h1-3,9,13H,4,12H2,(H,14,15). The fraction of sp³-hybridized carbons (Fsp3) is 0.222. The van der Waals surface area contributed by atoms with Gasteiger partial charge in [0.2, 0.25) is 0 Å². The van der Waals surface area contributed by atoms with E-state index in [2.05, 4.69) is 5.43 Å². The molecule has 0 radical (unpaired) electrons. The van der Waals surface area contributed by atoms with E-state index in [4.69, 9.17) is 10.9 Å². The predicted molar refractivity (Wildman–Crippen MR) is 50.5 cm³/mol. The molecule has 4 nitrogen and oxygen atoms in total. The van der Waals surface area contributed by atoms with Crippen LogP contribution in [0, 0.1) is 0 Å². The van der Waals surface area contributed by atoms with Gasteiger partial charge < -0.3 is 10.5 Å². The van der Waals surface area contributed by atoms with E-state index in [1.54, 1.807) is 0 Å². The lowest BCUT2D eigenvalue weighted by Gasteiger charge is -2.09. The van der Waals surface area contributed by atoms with E-state index in [0.717, 1.165) is 6.07 Å². The summed E-state index contributed by atoms with van der Waals surface area (Å²) in [6.45, 7) is 0. The maximum Gasteiger partial charge on any atom is 0.307 e. The van der Waals surface area contributed by atoms with Gasteiger partial charge in [0.1, 0.15) is 0 Å². The Bertz CT molecular complexity index is 369. The Hall–Kier alpha value is -1.69. The molecule has 82 valence electrons. The number of hydrazine groups is 1. The highest BCUT2D eigenvalue weighted by Crippen LogP contribution is 2.24. The number of carboxylic acids is 1.